The number of rotatable bonds is 7. The Labute approximate surface area is 199 Å². The van der Waals surface area contributed by atoms with Gasteiger partial charge in [-0.05, 0) is 42.0 Å². The molecule has 0 unspecified atom stereocenters. The van der Waals surface area contributed by atoms with Crippen molar-refractivity contribution >= 4 is 32.0 Å². The Morgan fingerprint density at radius 3 is 2.49 bits per heavy atom. The molecule has 0 bridgehead atoms. The molecule has 0 aliphatic heterocycles. The minimum atomic E-state index is -4.33. The highest BCUT2D eigenvalue weighted by molar-refractivity contribution is 7.85. The molecule has 2 aromatic carbocycles. The summed E-state index contributed by atoms with van der Waals surface area (Å²) in [5.41, 5.74) is 1.23. The molecular weight excluding hydrogens is 475 g/mol. The summed E-state index contributed by atoms with van der Waals surface area (Å²) in [7, 11) is -4.33. The van der Waals surface area contributed by atoms with E-state index in [1.54, 1.807) is 48.7 Å². The number of halogens is 1. The molecule has 0 aliphatic carbocycles. The summed E-state index contributed by atoms with van der Waals surface area (Å²) >= 11 is 0. The minimum Gasteiger partial charge on any atom is -0.505 e. The molecule has 0 radical (unpaired) electrons. The zero-order valence-electron chi connectivity index (χ0n) is 18.1. The van der Waals surface area contributed by atoms with E-state index in [0.29, 0.717) is 11.3 Å². The highest BCUT2D eigenvalue weighted by Crippen LogP contribution is 2.46. The predicted octanol–water partition coefficient (Wildman–Crippen LogP) is 3.60. The van der Waals surface area contributed by atoms with Crippen LogP contribution in [0.25, 0.3) is 21.7 Å². The van der Waals surface area contributed by atoms with Gasteiger partial charge in [0.15, 0.2) is 11.5 Å². The zero-order valence-corrected chi connectivity index (χ0v) is 18.9. The molecule has 5 aromatic rings. The highest BCUT2D eigenvalue weighted by atomic mass is 32.2. The van der Waals surface area contributed by atoms with E-state index in [0.717, 1.165) is 0 Å². The van der Waals surface area contributed by atoms with Gasteiger partial charge in [0.25, 0.3) is 0 Å². The second-order valence-electron chi connectivity index (χ2n) is 7.75. The molecule has 11 heteroatoms. The van der Waals surface area contributed by atoms with Gasteiger partial charge in [-0.1, -0.05) is 18.2 Å². The maximum atomic E-state index is 13.3. The molecule has 0 saturated carbocycles. The van der Waals surface area contributed by atoms with Gasteiger partial charge in [-0.25, -0.2) is 4.39 Å². The second-order valence-corrected chi connectivity index (χ2v) is 9.12. The van der Waals surface area contributed by atoms with E-state index >= 15 is 0 Å². The fourth-order valence-electron chi connectivity index (χ4n) is 3.79. The number of benzene rings is 2. The van der Waals surface area contributed by atoms with Crippen molar-refractivity contribution in [1.29, 1.82) is 0 Å². The van der Waals surface area contributed by atoms with E-state index < -0.39 is 16.1 Å². The van der Waals surface area contributed by atoms with Gasteiger partial charge >= 0.3 is 10.3 Å². The smallest absolute Gasteiger partial charge is 0.383 e. The van der Waals surface area contributed by atoms with E-state index in [9.17, 15) is 23.0 Å². The molecule has 0 saturated heterocycles. The van der Waals surface area contributed by atoms with E-state index in [1.807, 2.05) is 0 Å². The lowest BCUT2D eigenvalue weighted by molar-refractivity contribution is 0.425. The molecule has 3 N–H and O–H groups in total. The number of aromatic nitrogens is 3. The first-order valence-electron chi connectivity index (χ1n) is 10.5. The Balaban J connectivity index is 1.59. The van der Waals surface area contributed by atoms with Crippen LogP contribution in [0.3, 0.4) is 0 Å². The number of aromatic hydroxyl groups is 2. The number of fused-ring (bicyclic) bond motifs is 2. The number of phenols is 1. The van der Waals surface area contributed by atoms with Crippen molar-refractivity contribution in [2.75, 3.05) is 0 Å². The average molecular weight is 495 g/mol. The fraction of sp³-hybridized carbons (Fsp3) is 0.0833. The zero-order chi connectivity index (χ0) is 24.6. The van der Waals surface area contributed by atoms with Crippen LogP contribution in [0.1, 0.15) is 11.3 Å². The van der Waals surface area contributed by atoms with Crippen LogP contribution in [0, 0.1) is 5.82 Å². The summed E-state index contributed by atoms with van der Waals surface area (Å²) in [6.07, 6.45) is 4.43. The first-order valence-corrected chi connectivity index (χ1v) is 11.9. The van der Waals surface area contributed by atoms with E-state index in [4.69, 9.17) is 4.18 Å². The lowest BCUT2D eigenvalue weighted by Crippen LogP contribution is -2.28. The first-order chi connectivity index (χ1) is 16.8. The van der Waals surface area contributed by atoms with Crippen molar-refractivity contribution in [1.82, 2.24) is 19.3 Å². The van der Waals surface area contributed by atoms with Gasteiger partial charge in [0.05, 0.1) is 29.6 Å². The van der Waals surface area contributed by atoms with Crippen LogP contribution in [-0.4, -0.2) is 33.2 Å². The van der Waals surface area contributed by atoms with E-state index in [-0.39, 0.29) is 52.1 Å². The summed E-state index contributed by atoms with van der Waals surface area (Å²) in [5.74, 6) is -1.15. The highest BCUT2D eigenvalue weighted by Gasteiger charge is 2.25. The van der Waals surface area contributed by atoms with Crippen LogP contribution in [0.4, 0.5) is 4.39 Å². The maximum absolute atomic E-state index is 13.3. The SMILES string of the molecule is O=S(=O)(NCc1ccccn1)Oc1c2cccnc2c(O)c2c(O)n(Cc3ccc(F)cc3)cc12. The summed E-state index contributed by atoms with van der Waals surface area (Å²) in [4.78, 5) is 8.22. The lowest BCUT2D eigenvalue weighted by Gasteiger charge is -2.12. The molecule has 35 heavy (non-hydrogen) atoms. The third-order valence-corrected chi connectivity index (χ3v) is 6.31. The quantitative estimate of drug-likeness (QED) is 0.316. The molecule has 3 aromatic heterocycles. The average Bonchev–Trinajstić information content (AvgIpc) is 3.18. The van der Waals surface area contributed by atoms with Crippen LogP contribution in [0.5, 0.6) is 17.4 Å². The van der Waals surface area contributed by atoms with Crippen molar-refractivity contribution < 1.29 is 27.2 Å². The normalized spacial score (nSPS) is 11.8. The van der Waals surface area contributed by atoms with Crippen molar-refractivity contribution in [2.24, 2.45) is 0 Å². The summed E-state index contributed by atoms with van der Waals surface area (Å²) < 4.78 is 48.1. The van der Waals surface area contributed by atoms with Crippen molar-refractivity contribution in [3.8, 4) is 17.4 Å². The number of nitrogens with one attached hydrogen (secondary N) is 1. The number of hydrogen-bond donors (Lipinski definition) is 3. The molecule has 3 heterocycles. The monoisotopic (exact) mass is 494 g/mol. The molecule has 178 valence electrons. The third kappa shape index (κ3) is 4.46. The molecule has 0 aliphatic rings. The standard InChI is InChI=1S/C24H19FN4O5S/c25-16-8-6-15(7-9-16)13-29-14-19-20(24(29)31)22(30)21-18(5-3-11-27-21)23(19)34-35(32,33)28-12-17-4-1-2-10-26-17/h1-11,14,28,30-31H,12-13H2. The topological polar surface area (TPSA) is 127 Å². The van der Waals surface area contributed by atoms with Crippen molar-refractivity contribution in [2.45, 2.75) is 13.1 Å². The van der Waals surface area contributed by atoms with Crippen LogP contribution >= 0.6 is 0 Å². The molecule has 5 rings (SSSR count). The van der Waals surface area contributed by atoms with Gasteiger partial charge in [-0.3, -0.25) is 9.97 Å². The Kier molecular flexibility index (Phi) is 5.71. The van der Waals surface area contributed by atoms with Gasteiger partial charge < -0.3 is 19.0 Å². The number of nitrogens with zero attached hydrogens (tertiary/aromatic N) is 3. The Bertz CT molecular complexity index is 1640. The van der Waals surface area contributed by atoms with E-state index in [1.165, 1.54) is 29.1 Å². The maximum Gasteiger partial charge on any atom is 0.383 e. The summed E-state index contributed by atoms with van der Waals surface area (Å²) in [6.45, 7) is 0.0333. The molecular formula is C24H19FN4O5S. The lowest BCUT2D eigenvalue weighted by atomic mass is 10.1. The van der Waals surface area contributed by atoms with Crippen LogP contribution < -0.4 is 8.91 Å². The molecule has 0 fully saturated rings. The van der Waals surface area contributed by atoms with E-state index in [2.05, 4.69) is 14.7 Å². The van der Waals surface area contributed by atoms with Gasteiger partial charge in [0.1, 0.15) is 11.3 Å². The van der Waals surface area contributed by atoms with Crippen LogP contribution in [0.15, 0.2) is 73.2 Å². The summed E-state index contributed by atoms with van der Waals surface area (Å²) in [5, 5.41) is 22.1. The van der Waals surface area contributed by atoms with Gasteiger partial charge in [-0.15, -0.1) is 0 Å². The molecule has 0 atom stereocenters. The van der Waals surface area contributed by atoms with Gasteiger partial charge in [0.2, 0.25) is 5.88 Å². The number of hydrogen-bond acceptors (Lipinski definition) is 7. The van der Waals surface area contributed by atoms with Gasteiger partial charge in [-0.2, -0.15) is 13.1 Å². The molecule has 9 nitrogen and oxygen atoms in total. The molecule has 0 spiro atoms. The Hall–Kier alpha value is -4.22. The largest absolute Gasteiger partial charge is 0.505 e. The van der Waals surface area contributed by atoms with Crippen molar-refractivity contribution in [3.05, 3.63) is 90.3 Å². The Morgan fingerprint density at radius 2 is 1.74 bits per heavy atom. The van der Waals surface area contributed by atoms with Crippen LogP contribution in [-0.2, 0) is 23.4 Å². The number of phenolic OH excluding ortho intramolecular Hbond substituents is 1. The number of pyridine rings is 2. The molecule has 0 amide bonds. The fourth-order valence-corrected chi connectivity index (χ4v) is 4.58. The van der Waals surface area contributed by atoms with Crippen molar-refractivity contribution in [3.63, 3.8) is 0 Å². The third-order valence-electron chi connectivity index (χ3n) is 5.42. The first kappa shape index (κ1) is 22.6. The minimum absolute atomic E-state index is 0.0202. The second kappa shape index (κ2) is 8.85. The summed E-state index contributed by atoms with van der Waals surface area (Å²) in [6, 6.07) is 13.9. The predicted molar refractivity (Wildman–Crippen MR) is 127 cm³/mol. The Morgan fingerprint density at radius 1 is 0.971 bits per heavy atom. The van der Waals surface area contributed by atoms with Crippen LogP contribution in [0.2, 0.25) is 0 Å². The van der Waals surface area contributed by atoms with Gasteiger partial charge in [0, 0.05) is 24.0 Å².